The van der Waals surface area contributed by atoms with Crippen LogP contribution in [0.2, 0.25) is 0 Å². The van der Waals surface area contributed by atoms with Crippen molar-refractivity contribution in [2.24, 2.45) is 0 Å². The Labute approximate surface area is 131 Å². The van der Waals surface area contributed by atoms with Crippen molar-refractivity contribution < 1.29 is 4.79 Å². The van der Waals surface area contributed by atoms with Crippen molar-refractivity contribution in [3.05, 3.63) is 41.6 Å². The lowest BCUT2D eigenvalue weighted by Gasteiger charge is -2.14. The van der Waals surface area contributed by atoms with Crippen molar-refractivity contribution in [2.75, 3.05) is 13.6 Å². The van der Waals surface area contributed by atoms with Crippen molar-refractivity contribution in [1.29, 1.82) is 0 Å². The highest BCUT2D eigenvalue weighted by atomic mass is 79.9. The van der Waals surface area contributed by atoms with Gasteiger partial charge in [0.05, 0.1) is 19.0 Å². The number of thiophene rings is 2. The Bertz CT molecular complexity index is 550. The lowest BCUT2D eigenvalue weighted by atomic mass is 10.2. The van der Waals surface area contributed by atoms with Crippen LogP contribution in [0.5, 0.6) is 0 Å². The molecule has 0 atom stereocenters. The number of rotatable bonds is 5. The fourth-order valence-corrected chi connectivity index (χ4v) is 4.10. The molecule has 2 rings (SSSR count). The smallest absolute Gasteiger partial charge is 0.186 e. The minimum Gasteiger partial charge on any atom is -0.295 e. The van der Waals surface area contributed by atoms with Gasteiger partial charge in [0, 0.05) is 6.54 Å². The minimum absolute atomic E-state index is 0.169. The molecule has 0 N–H and O–H groups in total. The Morgan fingerprint density at radius 2 is 2.11 bits per heavy atom. The number of Topliss-reactive ketones (excluding diaryl/α,β-unsaturated/α-hetero) is 1. The quantitative estimate of drug-likeness (QED) is 0.671. The number of halogens is 2. The molecule has 0 aliphatic carbocycles. The van der Waals surface area contributed by atoms with Crippen LogP contribution in [0.25, 0.3) is 0 Å². The van der Waals surface area contributed by atoms with Gasteiger partial charge in [-0.15, -0.1) is 22.7 Å². The molecule has 18 heavy (non-hydrogen) atoms. The van der Waals surface area contributed by atoms with E-state index in [-0.39, 0.29) is 5.78 Å². The molecule has 2 aromatic rings. The maximum Gasteiger partial charge on any atom is 0.186 e. The van der Waals surface area contributed by atoms with Crippen molar-refractivity contribution in [2.45, 2.75) is 6.54 Å². The summed E-state index contributed by atoms with van der Waals surface area (Å²) >= 11 is 9.96. The Morgan fingerprint density at radius 3 is 2.67 bits per heavy atom. The normalized spacial score (nSPS) is 11.1. The summed E-state index contributed by atoms with van der Waals surface area (Å²) in [6, 6.07) is 5.87. The average Bonchev–Trinajstić information content (AvgIpc) is 2.87. The Hall–Kier alpha value is -0.0100. The molecule has 0 radical (unpaired) electrons. The van der Waals surface area contributed by atoms with Crippen molar-refractivity contribution in [1.82, 2.24) is 4.90 Å². The third kappa shape index (κ3) is 3.99. The lowest BCUT2D eigenvalue weighted by molar-refractivity contribution is 0.0947. The largest absolute Gasteiger partial charge is 0.295 e. The molecule has 0 spiro atoms. The molecule has 0 aliphatic heterocycles. The summed E-state index contributed by atoms with van der Waals surface area (Å²) in [6.07, 6.45) is 0. The molecular formula is C12H11Br2NOS2. The van der Waals surface area contributed by atoms with Crippen LogP contribution in [0.4, 0.5) is 0 Å². The van der Waals surface area contributed by atoms with E-state index >= 15 is 0 Å². The predicted molar refractivity (Wildman–Crippen MR) is 84.7 cm³/mol. The lowest BCUT2D eigenvalue weighted by Crippen LogP contribution is -2.24. The standard InChI is InChI=1S/C12H11Br2NOS2/c1-15(5-8-4-12(14)17-7-8)6-9(16)10-2-3-11(13)18-10/h2-4,7H,5-6H2,1H3. The number of ketones is 1. The van der Waals surface area contributed by atoms with Gasteiger partial charge in [-0.2, -0.15) is 0 Å². The second-order valence-corrected chi connectivity index (χ2v) is 8.71. The molecule has 2 nitrogen and oxygen atoms in total. The predicted octanol–water partition coefficient (Wildman–Crippen LogP) is 4.65. The van der Waals surface area contributed by atoms with Crippen LogP contribution in [-0.2, 0) is 6.54 Å². The molecule has 0 saturated carbocycles. The van der Waals surface area contributed by atoms with Gasteiger partial charge in [-0.05, 0) is 68.1 Å². The van der Waals surface area contributed by atoms with Gasteiger partial charge in [-0.3, -0.25) is 9.69 Å². The molecule has 2 aromatic heterocycles. The summed E-state index contributed by atoms with van der Waals surface area (Å²) in [5.41, 5.74) is 1.23. The maximum absolute atomic E-state index is 12.0. The van der Waals surface area contributed by atoms with Crippen molar-refractivity contribution in [3.8, 4) is 0 Å². The summed E-state index contributed by atoms with van der Waals surface area (Å²) in [5, 5.41) is 2.10. The first-order chi connectivity index (χ1) is 8.54. The fourth-order valence-electron chi connectivity index (χ4n) is 1.58. The van der Waals surface area contributed by atoms with Gasteiger partial charge in [0.1, 0.15) is 0 Å². The van der Waals surface area contributed by atoms with E-state index in [0.717, 1.165) is 19.0 Å². The first kappa shape index (κ1) is 14.4. The van der Waals surface area contributed by atoms with E-state index in [1.54, 1.807) is 11.3 Å². The van der Waals surface area contributed by atoms with E-state index in [0.29, 0.717) is 6.54 Å². The zero-order valence-corrected chi connectivity index (χ0v) is 14.5. The molecule has 2 heterocycles. The van der Waals surface area contributed by atoms with Gasteiger partial charge in [0.2, 0.25) is 0 Å². The van der Waals surface area contributed by atoms with Crippen LogP contribution in [0.3, 0.4) is 0 Å². The summed E-state index contributed by atoms with van der Waals surface area (Å²) in [5.74, 6) is 0.169. The van der Waals surface area contributed by atoms with Crippen LogP contribution in [0, 0.1) is 0 Å². The van der Waals surface area contributed by atoms with Gasteiger partial charge in [0.15, 0.2) is 5.78 Å². The highest BCUT2D eigenvalue weighted by Crippen LogP contribution is 2.23. The SMILES string of the molecule is CN(CC(=O)c1ccc(Br)s1)Cc1csc(Br)c1. The number of likely N-dealkylation sites (N-methyl/N-ethyl adjacent to an activating group) is 1. The Kier molecular flexibility index (Phi) is 5.14. The molecule has 0 aliphatic rings. The Morgan fingerprint density at radius 1 is 1.33 bits per heavy atom. The maximum atomic E-state index is 12.0. The fraction of sp³-hybridized carbons (Fsp3) is 0.250. The zero-order valence-electron chi connectivity index (χ0n) is 9.65. The van der Waals surface area contributed by atoms with Crippen LogP contribution in [-0.4, -0.2) is 24.3 Å². The van der Waals surface area contributed by atoms with Gasteiger partial charge in [-0.1, -0.05) is 0 Å². The van der Waals surface area contributed by atoms with E-state index in [1.807, 2.05) is 24.1 Å². The van der Waals surface area contributed by atoms with Crippen LogP contribution < -0.4 is 0 Å². The number of carbonyl (C=O) groups excluding carboxylic acids is 1. The van der Waals surface area contributed by atoms with Crippen LogP contribution in [0.1, 0.15) is 15.2 Å². The monoisotopic (exact) mass is 407 g/mol. The second kappa shape index (κ2) is 6.43. The molecule has 0 amide bonds. The van der Waals surface area contributed by atoms with Crippen molar-refractivity contribution in [3.63, 3.8) is 0 Å². The topological polar surface area (TPSA) is 20.3 Å². The van der Waals surface area contributed by atoms with Gasteiger partial charge >= 0.3 is 0 Å². The first-order valence-corrected chi connectivity index (χ1v) is 8.53. The van der Waals surface area contributed by atoms with E-state index in [4.69, 9.17) is 0 Å². The highest BCUT2D eigenvalue weighted by Gasteiger charge is 2.12. The highest BCUT2D eigenvalue weighted by molar-refractivity contribution is 9.11. The molecule has 6 heteroatoms. The van der Waals surface area contributed by atoms with Crippen molar-refractivity contribution >= 4 is 60.3 Å². The molecule has 0 fully saturated rings. The van der Waals surface area contributed by atoms with E-state index < -0.39 is 0 Å². The summed E-state index contributed by atoms with van der Waals surface area (Å²) in [7, 11) is 1.96. The average molecular weight is 409 g/mol. The minimum atomic E-state index is 0.169. The first-order valence-electron chi connectivity index (χ1n) is 5.24. The van der Waals surface area contributed by atoms with Crippen LogP contribution in [0.15, 0.2) is 31.2 Å². The van der Waals surface area contributed by atoms with Gasteiger partial charge in [0.25, 0.3) is 0 Å². The third-order valence-electron chi connectivity index (χ3n) is 2.34. The zero-order chi connectivity index (χ0) is 13.1. The molecule has 0 unspecified atom stereocenters. The molecule has 96 valence electrons. The summed E-state index contributed by atoms with van der Waals surface area (Å²) in [4.78, 5) is 14.8. The molecule has 0 bridgehead atoms. The third-order valence-corrected chi connectivity index (χ3v) is 5.55. The van der Waals surface area contributed by atoms with Gasteiger partial charge in [-0.25, -0.2) is 0 Å². The van der Waals surface area contributed by atoms with E-state index in [2.05, 4.69) is 43.3 Å². The van der Waals surface area contributed by atoms with E-state index in [1.165, 1.54) is 16.9 Å². The number of nitrogens with zero attached hydrogens (tertiary/aromatic N) is 1. The number of hydrogen-bond donors (Lipinski definition) is 0. The number of carbonyl (C=O) groups is 1. The molecular weight excluding hydrogens is 398 g/mol. The summed E-state index contributed by atoms with van der Waals surface area (Å²) in [6.45, 7) is 1.24. The Balaban J connectivity index is 1.91. The summed E-state index contributed by atoms with van der Waals surface area (Å²) < 4.78 is 2.12. The van der Waals surface area contributed by atoms with E-state index in [9.17, 15) is 4.79 Å². The molecule has 0 aromatic carbocycles. The molecule has 0 saturated heterocycles. The van der Waals surface area contributed by atoms with Crippen LogP contribution >= 0.6 is 54.5 Å². The number of hydrogen-bond acceptors (Lipinski definition) is 4. The second-order valence-electron chi connectivity index (χ2n) is 3.96. The van der Waals surface area contributed by atoms with Gasteiger partial charge < -0.3 is 0 Å².